The standard InChI is InChI=1S/C16H9BrN2O3/c17-10-3-6-13-12(7-10)14(20)15(16(21)19-13)22-11-4-1-9(8-18)2-5-11/h1-7H,(H2,19,20,21). The van der Waals surface area contributed by atoms with Crippen molar-refractivity contribution >= 4 is 26.8 Å². The quantitative estimate of drug-likeness (QED) is 0.733. The first-order chi connectivity index (χ1) is 10.6. The predicted molar refractivity (Wildman–Crippen MR) is 85.2 cm³/mol. The van der Waals surface area contributed by atoms with Gasteiger partial charge in [-0.2, -0.15) is 5.26 Å². The molecule has 3 aromatic rings. The number of hydrogen-bond acceptors (Lipinski definition) is 4. The predicted octanol–water partition coefficient (Wildman–Crippen LogP) is 3.66. The van der Waals surface area contributed by atoms with Gasteiger partial charge in [0, 0.05) is 9.86 Å². The van der Waals surface area contributed by atoms with Gasteiger partial charge in [0.2, 0.25) is 5.75 Å². The Morgan fingerprint density at radius 2 is 1.91 bits per heavy atom. The number of halogens is 1. The van der Waals surface area contributed by atoms with Crippen LogP contribution in [0.2, 0.25) is 0 Å². The van der Waals surface area contributed by atoms with E-state index in [1.807, 2.05) is 6.07 Å². The Bertz CT molecular complexity index is 956. The van der Waals surface area contributed by atoms with E-state index >= 15 is 0 Å². The average Bonchev–Trinajstić information content (AvgIpc) is 2.53. The number of nitrogens with one attached hydrogen (secondary N) is 1. The van der Waals surface area contributed by atoms with E-state index in [-0.39, 0.29) is 11.5 Å². The van der Waals surface area contributed by atoms with Gasteiger partial charge in [-0.3, -0.25) is 4.79 Å². The fourth-order valence-corrected chi connectivity index (χ4v) is 2.40. The summed E-state index contributed by atoms with van der Waals surface area (Å²) in [5.74, 6) is -0.0612. The molecular formula is C16H9BrN2O3. The molecule has 2 N–H and O–H groups in total. The van der Waals surface area contributed by atoms with E-state index in [4.69, 9.17) is 10.00 Å². The SMILES string of the molecule is N#Cc1ccc(Oc2c(O)c3cc(Br)ccc3[nH]c2=O)cc1. The van der Waals surface area contributed by atoms with Gasteiger partial charge in [0.25, 0.3) is 5.56 Å². The number of aromatic hydroxyl groups is 1. The maximum atomic E-state index is 12.1. The van der Waals surface area contributed by atoms with Crippen LogP contribution >= 0.6 is 15.9 Å². The lowest BCUT2D eigenvalue weighted by molar-refractivity contribution is 0.410. The van der Waals surface area contributed by atoms with Crippen LogP contribution in [0.3, 0.4) is 0 Å². The van der Waals surface area contributed by atoms with Crippen molar-refractivity contribution in [2.24, 2.45) is 0 Å². The van der Waals surface area contributed by atoms with Crippen LogP contribution in [0, 0.1) is 11.3 Å². The third-order valence-electron chi connectivity index (χ3n) is 3.11. The summed E-state index contributed by atoms with van der Waals surface area (Å²) in [4.78, 5) is 14.7. The van der Waals surface area contributed by atoms with E-state index in [1.165, 1.54) is 0 Å². The van der Waals surface area contributed by atoms with E-state index in [1.54, 1.807) is 42.5 Å². The van der Waals surface area contributed by atoms with E-state index in [0.29, 0.717) is 22.2 Å². The molecule has 0 aliphatic rings. The number of nitriles is 1. The molecule has 0 bridgehead atoms. The molecule has 22 heavy (non-hydrogen) atoms. The molecule has 0 spiro atoms. The fraction of sp³-hybridized carbons (Fsp3) is 0. The first-order valence-corrected chi connectivity index (χ1v) is 7.10. The number of pyridine rings is 1. The summed E-state index contributed by atoms with van der Waals surface area (Å²) in [6, 6.07) is 13.4. The Morgan fingerprint density at radius 1 is 1.18 bits per heavy atom. The number of H-pyrrole nitrogens is 1. The van der Waals surface area contributed by atoms with Crippen LogP contribution in [0.1, 0.15) is 5.56 Å². The smallest absolute Gasteiger partial charge is 0.295 e. The zero-order chi connectivity index (χ0) is 15.7. The molecule has 1 aromatic heterocycles. The number of benzene rings is 2. The number of aromatic nitrogens is 1. The third kappa shape index (κ3) is 2.54. The molecule has 2 aromatic carbocycles. The van der Waals surface area contributed by atoms with Gasteiger partial charge in [-0.25, -0.2) is 0 Å². The van der Waals surface area contributed by atoms with Gasteiger partial charge in [-0.1, -0.05) is 15.9 Å². The molecule has 1 heterocycles. The Hall–Kier alpha value is -2.78. The lowest BCUT2D eigenvalue weighted by atomic mass is 10.2. The number of aromatic amines is 1. The van der Waals surface area contributed by atoms with E-state index in [2.05, 4.69) is 20.9 Å². The van der Waals surface area contributed by atoms with Crippen LogP contribution in [-0.4, -0.2) is 10.1 Å². The van der Waals surface area contributed by atoms with Crippen LogP contribution in [0.5, 0.6) is 17.2 Å². The summed E-state index contributed by atoms with van der Waals surface area (Å²) < 4.78 is 6.24. The van der Waals surface area contributed by atoms with Crippen molar-refractivity contribution in [3.05, 3.63) is 62.9 Å². The maximum Gasteiger partial charge on any atom is 0.295 e. The summed E-state index contributed by atoms with van der Waals surface area (Å²) in [5, 5.41) is 19.5. The highest BCUT2D eigenvalue weighted by molar-refractivity contribution is 9.10. The van der Waals surface area contributed by atoms with Crippen LogP contribution in [0.25, 0.3) is 10.9 Å². The van der Waals surface area contributed by atoms with Gasteiger partial charge in [-0.15, -0.1) is 0 Å². The zero-order valence-electron chi connectivity index (χ0n) is 11.1. The van der Waals surface area contributed by atoms with Crippen molar-refractivity contribution in [1.29, 1.82) is 5.26 Å². The van der Waals surface area contributed by atoms with Gasteiger partial charge in [-0.05, 0) is 42.5 Å². The second-order valence-corrected chi connectivity index (χ2v) is 5.48. The largest absolute Gasteiger partial charge is 0.504 e. The first kappa shape index (κ1) is 14.2. The highest BCUT2D eigenvalue weighted by Crippen LogP contribution is 2.34. The molecule has 0 aliphatic carbocycles. The van der Waals surface area contributed by atoms with Crippen LogP contribution in [-0.2, 0) is 0 Å². The van der Waals surface area contributed by atoms with Gasteiger partial charge < -0.3 is 14.8 Å². The normalized spacial score (nSPS) is 10.4. The Labute approximate surface area is 133 Å². The molecule has 0 saturated heterocycles. The maximum absolute atomic E-state index is 12.1. The molecule has 5 nitrogen and oxygen atoms in total. The van der Waals surface area contributed by atoms with Gasteiger partial charge in [0.1, 0.15) is 5.75 Å². The Morgan fingerprint density at radius 3 is 2.59 bits per heavy atom. The molecule has 0 fully saturated rings. The summed E-state index contributed by atoms with van der Waals surface area (Å²) in [6.07, 6.45) is 0. The second-order valence-electron chi connectivity index (χ2n) is 4.56. The summed E-state index contributed by atoms with van der Waals surface area (Å²) >= 11 is 3.32. The minimum absolute atomic E-state index is 0.185. The number of ether oxygens (including phenoxy) is 1. The minimum Gasteiger partial charge on any atom is -0.504 e. The van der Waals surface area contributed by atoms with Gasteiger partial charge >= 0.3 is 0 Å². The average molecular weight is 357 g/mol. The number of rotatable bonds is 2. The van der Waals surface area contributed by atoms with Crippen LogP contribution < -0.4 is 10.3 Å². The highest BCUT2D eigenvalue weighted by atomic mass is 79.9. The number of nitrogens with zero attached hydrogens (tertiary/aromatic N) is 1. The van der Waals surface area contributed by atoms with E-state index in [0.717, 1.165) is 4.47 Å². The van der Waals surface area contributed by atoms with E-state index in [9.17, 15) is 9.90 Å². The van der Waals surface area contributed by atoms with Crippen molar-refractivity contribution < 1.29 is 9.84 Å². The fourth-order valence-electron chi connectivity index (χ4n) is 2.04. The Kier molecular flexibility index (Phi) is 3.57. The molecule has 3 rings (SSSR count). The number of hydrogen-bond donors (Lipinski definition) is 2. The van der Waals surface area contributed by atoms with Crippen molar-refractivity contribution in [1.82, 2.24) is 4.98 Å². The van der Waals surface area contributed by atoms with E-state index < -0.39 is 5.56 Å². The van der Waals surface area contributed by atoms with Gasteiger partial charge in [0.15, 0.2) is 5.75 Å². The molecular weight excluding hydrogens is 348 g/mol. The minimum atomic E-state index is -0.531. The second kappa shape index (κ2) is 5.54. The molecule has 108 valence electrons. The van der Waals surface area contributed by atoms with Crippen molar-refractivity contribution in [3.63, 3.8) is 0 Å². The summed E-state index contributed by atoms with van der Waals surface area (Å²) in [5.41, 5.74) is 0.461. The van der Waals surface area contributed by atoms with Crippen molar-refractivity contribution in [2.75, 3.05) is 0 Å². The molecule has 0 unspecified atom stereocenters. The number of fused-ring (bicyclic) bond motifs is 1. The van der Waals surface area contributed by atoms with Gasteiger partial charge in [0.05, 0.1) is 17.1 Å². The van der Waals surface area contributed by atoms with Crippen molar-refractivity contribution in [3.8, 4) is 23.3 Å². The molecule has 6 heteroatoms. The van der Waals surface area contributed by atoms with Crippen molar-refractivity contribution in [2.45, 2.75) is 0 Å². The molecule has 0 saturated carbocycles. The third-order valence-corrected chi connectivity index (χ3v) is 3.60. The monoisotopic (exact) mass is 356 g/mol. The molecule has 0 aliphatic heterocycles. The molecule has 0 atom stereocenters. The topological polar surface area (TPSA) is 86.1 Å². The van der Waals surface area contributed by atoms with Crippen LogP contribution in [0.15, 0.2) is 51.7 Å². The molecule has 0 radical (unpaired) electrons. The lowest BCUT2D eigenvalue weighted by Gasteiger charge is -2.09. The summed E-state index contributed by atoms with van der Waals surface area (Å²) in [6.45, 7) is 0. The first-order valence-electron chi connectivity index (χ1n) is 6.31. The lowest BCUT2D eigenvalue weighted by Crippen LogP contribution is -2.09. The Balaban J connectivity index is 2.10. The highest BCUT2D eigenvalue weighted by Gasteiger charge is 2.14. The zero-order valence-corrected chi connectivity index (χ0v) is 12.7. The summed E-state index contributed by atoms with van der Waals surface area (Å²) in [7, 11) is 0. The van der Waals surface area contributed by atoms with Crippen LogP contribution in [0.4, 0.5) is 0 Å². The molecule has 0 amide bonds.